The molecular formula is C18H19IN4O. The Hall–Kier alpha value is -1.70. The average Bonchev–Trinajstić information content (AvgIpc) is 3.09. The van der Waals surface area contributed by atoms with E-state index in [2.05, 4.69) is 43.8 Å². The van der Waals surface area contributed by atoms with Crippen LogP contribution in [0.1, 0.15) is 28.0 Å². The molecule has 0 saturated carbocycles. The fourth-order valence-electron chi connectivity index (χ4n) is 3.42. The number of fused-ring (bicyclic) bond motifs is 1. The summed E-state index contributed by atoms with van der Waals surface area (Å²) < 4.78 is 1.01. The summed E-state index contributed by atoms with van der Waals surface area (Å²) >= 11 is 2.23. The van der Waals surface area contributed by atoms with Gasteiger partial charge >= 0.3 is 0 Å². The fourth-order valence-corrected chi connectivity index (χ4v) is 4.03. The topological polar surface area (TPSA) is 49.3 Å². The molecule has 1 aromatic carbocycles. The molecule has 2 aliphatic rings. The molecular weight excluding hydrogens is 415 g/mol. The Kier molecular flexibility index (Phi) is 4.39. The number of amides is 1. The van der Waals surface area contributed by atoms with Gasteiger partial charge in [0.15, 0.2) is 5.82 Å². The van der Waals surface area contributed by atoms with Gasteiger partial charge < -0.3 is 9.80 Å². The number of hydrogen-bond donors (Lipinski definition) is 0. The quantitative estimate of drug-likeness (QED) is 0.682. The van der Waals surface area contributed by atoms with Gasteiger partial charge in [0, 0.05) is 29.7 Å². The van der Waals surface area contributed by atoms with E-state index in [0.29, 0.717) is 0 Å². The highest BCUT2D eigenvalue weighted by molar-refractivity contribution is 14.1. The van der Waals surface area contributed by atoms with Crippen LogP contribution in [0, 0.1) is 3.57 Å². The van der Waals surface area contributed by atoms with Crippen molar-refractivity contribution in [1.82, 2.24) is 15.1 Å². The van der Waals surface area contributed by atoms with Gasteiger partial charge in [-0.2, -0.15) is 5.10 Å². The van der Waals surface area contributed by atoms with Gasteiger partial charge in [-0.1, -0.05) is 12.1 Å². The predicted molar refractivity (Wildman–Crippen MR) is 101 cm³/mol. The molecule has 0 atom stereocenters. The Morgan fingerprint density at radius 3 is 2.62 bits per heavy atom. The van der Waals surface area contributed by atoms with Crippen molar-refractivity contribution in [2.24, 2.45) is 0 Å². The molecule has 0 N–H and O–H groups in total. The molecule has 1 amide bonds. The lowest BCUT2D eigenvalue weighted by Gasteiger charge is -2.35. The molecule has 1 fully saturated rings. The van der Waals surface area contributed by atoms with Crippen LogP contribution in [0.25, 0.3) is 0 Å². The smallest absolute Gasteiger partial charge is 0.255 e. The first-order valence-electron chi connectivity index (χ1n) is 8.36. The maximum atomic E-state index is 12.7. The lowest BCUT2D eigenvalue weighted by atomic mass is 10.2. The molecule has 24 heavy (non-hydrogen) atoms. The number of benzene rings is 1. The number of piperazine rings is 1. The van der Waals surface area contributed by atoms with Crippen molar-refractivity contribution < 1.29 is 4.79 Å². The molecule has 0 radical (unpaired) electrons. The minimum Gasteiger partial charge on any atom is -0.352 e. The van der Waals surface area contributed by atoms with E-state index in [1.54, 1.807) is 0 Å². The Labute approximate surface area is 155 Å². The van der Waals surface area contributed by atoms with Crippen LogP contribution in [0.4, 0.5) is 5.82 Å². The zero-order valence-electron chi connectivity index (χ0n) is 13.4. The molecule has 0 bridgehead atoms. The monoisotopic (exact) mass is 434 g/mol. The van der Waals surface area contributed by atoms with E-state index < -0.39 is 0 Å². The first kappa shape index (κ1) is 15.8. The Bertz CT molecular complexity index is 771. The summed E-state index contributed by atoms with van der Waals surface area (Å²) in [5.74, 6) is 1.08. The molecule has 1 saturated heterocycles. The largest absolute Gasteiger partial charge is 0.352 e. The Morgan fingerprint density at radius 1 is 1.04 bits per heavy atom. The van der Waals surface area contributed by atoms with Crippen LogP contribution in [0.2, 0.25) is 0 Å². The second-order valence-corrected chi connectivity index (χ2v) is 7.45. The molecule has 1 aliphatic heterocycles. The van der Waals surface area contributed by atoms with Gasteiger partial charge in [0.2, 0.25) is 0 Å². The lowest BCUT2D eigenvalue weighted by molar-refractivity contribution is 0.0745. The van der Waals surface area contributed by atoms with Crippen molar-refractivity contribution >= 4 is 34.3 Å². The summed E-state index contributed by atoms with van der Waals surface area (Å²) in [5, 5.41) is 8.76. The van der Waals surface area contributed by atoms with Crippen LogP contribution in [-0.2, 0) is 12.8 Å². The second-order valence-electron chi connectivity index (χ2n) is 6.29. The van der Waals surface area contributed by atoms with Crippen LogP contribution < -0.4 is 4.90 Å². The van der Waals surface area contributed by atoms with E-state index in [1.807, 2.05) is 29.2 Å². The zero-order valence-corrected chi connectivity index (χ0v) is 15.6. The summed E-state index contributed by atoms with van der Waals surface area (Å²) in [4.78, 5) is 16.9. The molecule has 124 valence electrons. The van der Waals surface area contributed by atoms with Crippen molar-refractivity contribution in [3.63, 3.8) is 0 Å². The highest BCUT2D eigenvalue weighted by atomic mass is 127. The summed E-state index contributed by atoms with van der Waals surface area (Å²) in [6.07, 6.45) is 3.36. The van der Waals surface area contributed by atoms with Gasteiger partial charge in [0.05, 0.1) is 11.3 Å². The number of nitrogens with zero attached hydrogens (tertiary/aromatic N) is 4. The van der Waals surface area contributed by atoms with Crippen LogP contribution in [-0.4, -0.2) is 47.2 Å². The Morgan fingerprint density at radius 2 is 1.83 bits per heavy atom. The molecule has 6 heteroatoms. The van der Waals surface area contributed by atoms with E-state index in [9.17, 15) is 4.79 Å². The van der Waals surface area contributed by atoms with Crippen molar-refractivity contribution in [2.45, 2.75) is 19.3 Å². The summed E-state index contributed by atoms with van der Waals surface area (Å²) in [6.45, 7) is 3.07. The zero-order chi connectivity index (χ0) is 16.5. The molecule has 1 aromatic heterocycles. The average molecular weight is 434 g/mol. The van der Waals surface area contributed by atoms with Crippen LogP contribution in [0.15, 0.2) is 30.3 Å². The third-order valence-corrected chi connectivity index (χ3v) is 5.74. The molecule has 4 rings (SSSR count). The lowest BCUT2D eigenvalue weighted by Crippen LogP contribution is -2.49. The van der Waals surface area contributed by atoms with Crippen molar-refractivity contribution in [2.75, 3.05) is 31.1 Å². The predicted octanol–water partition coefficient (Wildman–Crippen LogP) is 2.53. The highest BCUT2D eigenvalue weighted by Gasteiger charge is 2.25. The third-order valence-electron chi connectivity index (χ3n) is 4.80. The molecule has 0 unspecified atom stereocenters. The maximum Gasteiger partial charge on any atom is 0.255 e. The summed E-state index contributed by atoms with van der Waals surface area (Å²) in [6, 6.07) is 9.95. The number of aryl methyl sites for hydroxylation is 2. The van der Waals surface area contributed by atoms with Crippen molar-refractivity contribution in [3.8, 4) is 0 Å². The number of aromatic nitrogens is 2. The van der Waals surface area contributed by atoms with E-state index in [0.717, 1.165) is 59.7 Å². The standard InChI is InChI=1S/C18H19IN4O/c19-15-6-2-1-5-14(15)18(24)23-10-8-22(9-11-23)17-12-13-4-3-7-16(13)20-21-17/h1-2,5-6,12H,3-4,7-11H2. The molecule has 0 spiro atoms. The van der Waals surface area contributed by atoms with Crippen LogP contribution >= 0.6 is 22.6 Å². The molecule has 5 nitrogen and oxygen atoms in total. The van der Waals surface area contributed by atoms with Gasteiger partial charge in [0.1, 0.15) is 0 Å². The summed E-state index contributed by atoms with van der Waals surface area (Å²) in [5.41, 5.74) is 3.30. The van der Waals surface area contributed by atoms with Gasteiger partial charge in [-0.15, -0.1) is 5.10 Å². The first-order valence-corrected chi connectivity index (χ1v) is 9.44. The number of halogens is 1. The highest BCUT2D eigenvalue weighted by Crippen LogP contribution is 2.24. The molecule has 2 aromatic rings. The first-order chi connectivity index (χ1) is 11.7. The normalized spacial score (nSPS) is 17.0. The van der Waals surface area contributed by atoms with Gasteiger partial charge in [-0.25, -0.2) is 0 Å². The van der Waals surface area contributed by atoms with Gasteiger partial charge in [-0.3, -0.25) is 4.79 Å². The minimum atomic E-state index is 0.125. The number of anilines is 1. The van der Waals surface area contributed by atoms with E-state index in [1.165, 1.54) is 12.0 Å². The third kappa shape index (κ3) is 2.99. The SMILES string of the molecule is O=C(c1ccccc1I)N1CCN(c2cc3c(nn2)CCC3)CC1. The number of carbonyl (C=O) groups is 1. The Balaban J connectivity index is 1.43. The van der Waals surface area contributed by atoms with Gasteiger partial charge in [-0.05, 0) is 65.6 Å². The van der Waals surface area contributed by atoms with Crippen LogP contribution in [0.5, 0.6) is 0 Å². The van der Waals surface area contributed by atoms with Crippen molar-refractivity contribution in [1.29, 1.82) is 0 Å². The molecule has 1 aliphatic carbocycles. The second kappa shape index (κ2) is 6.66. The maximum absolute atomic E-state index is 12.7. The minimum absolute atomic E-state index is 0.125. The number of carbonyl (C=O) groups excluding carboxylic acids is 1. The van der Waals surface area contributed by atoms with Gasteiger partial charge in [0.25, 0.3) is 5.91 Å². The van der Waals surface area contributed by atoms with Crippen molar-refractivity contribution in [3.05, 3.63) is 50.7 Å². The number of rotatable bonds is 2. The van der Waals surface area contributed by atoms with E-state index >= 15 is 0 Å². The number of hydrogen-bond acceptors (Lipinski definition) is 4. The van der Waals surface area contributed by atoms with Crippen LogP contribution in [0.3, 0.4) is 0 Å². The van der Waals surface area contributed by atoms with E-state index in [-0.39, 0.29) is 5.91 Å². The fraction of sp³-hybridized carbons (Fsp3) is 0.389. The van der Waals surface area contributed by atoms with E-state index in [4.69, 9.17) is 0 Å². The summed E-state index contributed by atoms with van der Waals surface area (Å²) in [7, 11) is 0. The molecule has 2 heterocycles.